The minimum Gasteiger partial charge on any atom is -0.412 e. The standard InChI is InChI=1S/C9H10O3S.H2O/c1-2-8-13(10,11)12-9-6-4-3-5-7-9;/h2-7H,1,8H2;1H2. The Morgan fingerprint density at radius 1 is 1.29 bits per heavy atom. The first-order chi connectivity index (χ1) is 6.14. The third-order valence-corrected chi connectivity index (χ3v) is 2.38. The molecule has 0 unspecified atom stereocenters. The van der Waals surface area contributed by atoms with Gasteiger partial charge in [-0.25, -0.2) is 0 Å². The van der Waals surface area contributed by atoms with Crippen molar-refractivity contribution in [3.63, 3.8) is 0 Å². The monoisotopic (exact) mass is 216 g/mol. The average molecular weight is 216 g/mol. The minimum atomic E-state index is -3.50. The normalized spacial score (nSPS) is 10.0. The van der Waals surface area contributed by atoms with Crippen molar-refractivity contribution in [1.29, 1.82) is 0 Å². The highest BCUT2D eigenvalue weighted by Crippen LogP contribution is 2.11. The van der Waals surface area contributed by atoms with Crippen LogP contribution in [0.1, 0.15) is 0 Å². The first-order valence-electron chi connectivity index (χ1n) is 3.72. The van der Waals surface area contributed by atoms with Gasteiger partial charge in [0.1, 0.15) is 11.5 Å². The van der Waals surface area contributed by atoms with E-state index in [1.54, 1.807) is 30.3 Å². The molecule has 0 bridgehead atoms. The quantitative estimate of drug-likeness (QED) is 0.550. The second-order valence-corrected chi connectivity index (χ2v) is 4.02. The average Bonchev–Trinajstić information content (AvgIpc) is 2.04. The Bertz CT molecular complexity index is 369. The SMILES string of the molecule is C=CCS(=O)(=O)Oc1ccccc1.O. The lowest BCUT2D eigenvalue weighted by Gasteiger charge is -2.03. The third kappa shape index (κ3) is 4.06. The largest absolute Gasteiger partial charge is 0.412 e. The first kappa shape index (κ1) is 12.7. The van der Waals surface area contributed by atoms with Crippen molar-refractivity contribution < 1.29 is 18.1 Å². The second kappa shape index (κ2) is 5.41. The molecule has 0 aliphatic rings. The lowest BCUT2D eigenvalue weighted by atomic mass is 10.3. The molecule has 14 heavy (non-hydrogen) atoms. The molecular weight excluding hydrogens is 204 g/mol. The van der Waals surface area contributed by atoms with E-state index in [9.17, 15) is 8.42 Å². The molecule has 1 aromatic carbocycles. The Morgan fingerprint density at radius 3 is 2.36 bits per heavy atom. The van der Waals surface area contributed by atoms with Crippen molar-refractivity contribution in [1.82, 2.24) is 0 Å². The summed E-state index contributed by atoms with van der Waals surface area (Å²) in [4.78, 5) is 0. The smallest absolute Gasteiger partial charge is 0.312 e. The summed E-state index contributed by atoms with van der Waals surface area (Å²) in [6.07, 6.45) is 1.29. The van der Waals surface area contributed by atoms with Crippen LogP contribution < -0.4 is 4.18 Å². The van der Waals surface area contributed by atoms with Gasteiger partial charge in [0.25, 0.3) is 0 Å². The maximum Gasteiger partial charge on any atom is 0.312 e. The molecule has 0 spiro atoms. The minimum absolute atomic E-state index is 0. The van der Waals surface area contributed by atoms with E-state index in [4.69, 9.17) is 4.18 Å². The van der Waals surface area contributed by atoms with Crippen molar-refractivity contribution in [3.8, 4) is 5.75 Å². The van der Waals surface area contributed by atoms with E-state index in [0.29, 0.717) is 5.75 Å². The van der Waals surface area contributed by atoms with E-state index >= 15 is 0 Å². The molecule has 5 heteroatoms. The molecule has 0 radical (unpaired) electrons. The Morgan fingerprint density at radius 2 is 1.86 bits per heavy atom. The summed E-state index contributed by atoms with van der Waals surface area (Å²) in [6.45, 7) is 3.33. The molecule has 1 rings (SSSR count). The fourth-order valence-corrected chi connectivity index (χ4v) is 1.56. The van der Waals surface area contributed by atoms with Crippen molar-refractivity contribution in [3.05, 3.63) is 43.0 Å². The van der Waals surface area contributed by atoms with E-state index in [2.05, 4.69) is 6.58 Å². The van der Waals surface area contributed by atoms with Gasteiger partial charge in [0.05, 0.1) is 0 Å². The van der Waals surface area contributed by atoms with Gasteiger partial charge in [-0.1, -0.05) is 24.3 Å². The number of benzene rings is 1. The zero-order chi connectivity index (χ0) is 9.73. The van der Waals surface area contributed by atoms with Crippen molar-refractivity contribution in [2.24, 2.45) is 0 Å². The van der Waals surface area contributed by atoms with Gasteiger partial charge in [-0.15, -0.1) is 6.58 Å². The Labute approximate surface area is 83.3 Å². The number of rotatable bonds is 4. The van der Waals surface area contributed by atoms with Crippen molar-refractivity contribution in [2.45, 2.75) is 0 Å². The van der Waals surface area contributed by atoms with Crippen molar-refractivity contribution >= 4 is 10.1 Å². The van der Waals surface area contributed by atoms with E-state index in [0.717, 1.165) is 0 Å². The van der Waals surface area contributed by atoms with Crippen LogP contribution in [0.3, 0.4) is 0 Å². The molecule has 0 fully saturated rings. The van der Waals surface area contributed by atoms with Gasteiger partial charge in [0, 0.05) is 0 Å². The van der Waals surface area contributed by atoms with Crippen LogP contribution >= 0.6 is 0 Å². The van der Waals surface area contributed by atoms with Gasteiger partial charge in [-0.05, 0) is 12.1 Å². The molecule has 78 valence electrons. The maximum absolute atomic E-state index is 11.1. The molecule has 4 nitrogen and oxygen atoms in total. The number of hydrogen-bond acceptors (Lipinski definition) is 3. The van der Waals surface area contributed by atoms with Crippen molar-refractivity contribution in [2.75, 3.05) is 5.75 Å². The van der Waals surface area contributed by atoms with Crippen LogP contribution in [0.2, 0.25) is 0 Å². The highest BCUT2D eigenvalue weighted by atomic mass is 32.2. The summed E-state index contributed by atoms with van der Waals surface area (Å²) < 4.78 is 27.0. The number of hydrogen-bond donors (Lipinski definition) is 0. The highest BCUT2D eigenvalue weighted by Gasteiger charge is 2.08. The third-order valence-electron chi connectivity index (χ3n) is 1.29. The van der Waals surface area contributed by atoms with Crippen LogP contribution in [-0.2, 0) is 10.1 Å². The second-order valence-electron chi connectivity index (χ2n) is 2.41. The molecule has 2 N–H and O–H groups in total. The predicted octanol–water partition coefficient (Wildman–Crippen LogP) is 0.756. The van der Waals surface area contributed by atoms with Crippen LogP contribution in [0.4, 0.5) is 0 Å². The fourth-order valence-electron chi connectivity index (χ4n) is 0.801. The zero-order valence-corrected chi connectivity index (χ0v) is 8.33. The highest BCUT2D eigenvalue weighted by molar-refractivity contribution is 7.87. The van der Waals surface area contributed by atoms with E-state index in [1.165, 1.54) is 6.08 Å². The zero-order valence-electron chi connectivity index (χ0n) is 7.51. The molecule has 0 saturated carbocycles. The Balaban J connectivity index is 0.00000169. The summed E-state index contributed by atoms with van der Waals surface area (Å²) in [6, 6.07) is 8.37. The Kier molecular flexibility index (Phi) is 4.90. The molecule has 0 aliphatic heterocycles. The summed E-state index contributed by atoms with van der Waals surface area (Å²) in [7, 11) is -3.50. The summed E-state index contributed by atoms with van der Waals surface area (Å²) in [5.41, 5.74) is 0. The van der Waals surface area contributed by atoms with Crippen LogP contribution in [-0.4, -0.2) is 19.6 Å². The fraction of sp³-hybridized carbons (Fsp3) is 0.111. The van der Waals surface area contributed by atoms with Crippen LogP contribution in [0.25, 0.3) is 0 Å². The Hall–Kier alpha value is -1.33. The van der Waals surface area contributed by atoms with Gasteiger partial charge < -0.3 is 9.66 Å². The molecule has 0 aliphatic carbocycles. The lowest BCUT2D eigenvalue weighted by molar-refractivity contribution is 0.489. The van der Waals surface area contributed by atoms with Gasteiger partial charge in [0.15, 0.2) is 0 Å². The summed E-state index contributed by atoms with van der Waals surface area (Å²) in [5, 5.41) is 0. The molecule has 0 aromatic heterocycles. The van der Waals surface area contributed by atoms with E-state index in [1.807, 2.05) is 0 Å². The first-order valence-corrected chi connectivity index (χ1v) is 5.30. The maximum atomic E-state index is 11.1. The predicted molar refractivity (Wildman–Crippen MR) is 54.7 cm³/mol. The molecule has 0 amide bonds. The topological polar surface area (TPSA) is 74.9 Å². The van der Waals surface area contributed by atoms with Gasteiger partial charge in [-0.2, -0.15) is 8.42 Å². The van der Waals surface area contributed by atoms with Crippen LogP contribution in [0.5, 0.6) is 5.75 Å². The van der Waals surface area contributed by atoms with Gasteiger partial charge in [0.2, 0.25) is 0 Å². The molecular formula is C9H12O4S. The molecule has 0 saturated heterocycles. The van der Waals surface area contributed by atoms with Gasteiger partial charge >= 0.3 is 10.1 Å². The summed E-state index contributed by atoms with van der Waals surface area (Å²) >= 11 is 0. The van der Waals surface area contributed by atoms with Crippen LogP contribution in [0, 0.1) is 0 Å². The van der Waals surface area contributed by atoms with Gasteiger partial charge in [-0.3, -0.25) is 0 Å². The molecule has 0 atom stereocenters. The molecule has 0 heterocycles. The summed E-state index contributed by atoms with van der Waals surface area (Å²) in [5.74, 6) is 0.145. The number of para-hydroxylation sites is 1. The lowest BCUT2D eigenvalue weighted by Crippen LogP contribution is -2.11. The molecule has 1 aromatic rings. The van der Waals surface area contributed by atoms with E-state index in [-0.39, 0.29) is 11.2 Å². The van der Waals surface area contributed by atoms with Crippen LogP contribution in [0.15, 0.2) is 43.0 Å². The van der Waals surface area contributed by atoms with E-state index < -0.39 is 10.1 Å².